The monoisotopic (exact) mass is 265 g/mol. The van der Waals surface area contributed by atoms with Gasteiger partial charge in [0.2, 0.25) is 0 Å². The molecule has 1 aliphatic rings. The maximum Gasteiger partial charge on any atom is 0.125 e. The van der Waals surface area contributed by atoms with Crippen LogP contribution in [0.15, 0.2) is 24.3 Å². The van der Waals surface area contributed by atoms with Gasteiger partial charge in [0.05, 0.1) is 6.04 Å². The largest absolute Gasteiger partial charge is 0.486 e. The minimum atomic E-state index is -0.160. The molecule has 1 aromatic carbocycles. The van der Waals surface area contributed by atoms with Crippen molar-refractivity contribution in [3.63, 3.8) is 0 Å². The minimum absolute atomic E-state index is 0.160. The number of nitrogens with one attached hydrogen (secondary N) is 1. The number of para-hydroxylation sites is 1. The number of benzene rings is 1. The molecule has 1 N–H and O–H groups in total. The van der Waals surface area contributed by atoms with E-state index in [0.29, 0.717) is 11.3 Å². The Morgan fingerprint density at radius 3 is 2.83 bits per heavy atom. The van der Waals surface area contributed by atoms with Gasteiger partial charge in [0.1, 0.15) is 11.4 Å². The fourth-order valence-corrected chi connectivity index (χ4v) is 2.79. The normalized spacial score (nSPS) is 22.3. The smallest absolute Gasteiger partial charge is 0.125 e. The van der Waals surface area contributed by atoms with E-state index in [9.17, 15) is 0 Å². The summed E-state index contributed by atoms with van der Waals surface area (Å²) in [6, 6.07) is 8.64. The third-order valence-electron chi connectivity index (χ3n) is 3.60. The van der Waals surface area contributed by atoms with Gasteiger partial charge in [-0.3, -0.25) is 0 Å². The highest BCUT2D eigenvalue weighted by Gasteiger charge is 2.40. The van der Waals surface area contributed by atoms with Crippen LogP contribution in [0.5, 0.6) is 5.75 Å². The van der Waals surface area contributed by atoms with Crippen LogP contribution in [0.3, 0.4) is 0 Å². The van der Waals surface area contributed by atoms with E-state index in [4.69, 9.17) is 4.74 Å². The molecule has 2 atom stereocenters. The Labute approximate surface area is 114 Å². The van der Waals surface area contributed by atoms with Crippen molar-refractivity contribution in [2.45, 2.75) is 44.1 Å². The van der Waals surface area contributed by atoms with Crippen LogP contribution in [0.2, 0.25) is 0 Å². The van der Waals surface area contributed by atoms with Gasteiger partial charge in [-0.2, -0.15) is 11.8 Å². The van der Waals surface area contributed by atoms with Crippen LogP contribution in [-0.2, 0) is 0 Å². The number of ether oxygens (including phenoxy) is 1. The van der Waals surface area contributed by atoms with Gasteiger partial charge in [0, 0.05) is 10.8 Å². The average molecular weight is 265 g/mol. The Hall–Kier alpha value is -0.670. The lowest BCUT2D eigenvalue weighted by Gasteiger charge is -2.27. The third kappa shape index (κ3) is 2.83. The predicted molar refractivity (Wildman–Crippen MR) is 79.5 cm³/mol. The van der Waals surface area contributed by atoms with Gasteiger partial charge in [0.25, 0.3) is 0 Å². The van der Waals surface area contributed by atoms with Gasteiger partial charge in [-0.25, -0.2) is 0 Å². The van der Waals surface area contributed by atoms with E-state index in [1.54, 1.807) is 0 Å². The average Bonchev–Trinajstić information content (AvgIpc) is 2.60. The highest BCUT2D eigenvalue weighted by molar-refractivity contribution is 7.99. The fraction of sp³-hybridized carbons (Fsp3) is 0.600. The quantitative estimate of drug-likeness (QED) is 0.878. The molecule has 0 amide bonds. The standard InChI is InChI=1S/C15H23NOS/c1-11(18-4)9-10-16-14-12-7-5-6-8-13(12)17-15(14,2)3/h5-8,11,14,16H,9-10H2,1-4H3. The van der Waals surface area contributed by atoms with Gasteiger partial charge >= 0.3 is 0 Å². The second kappa shape index (κ2) is 5.54. The summed E-state index contributed by atoms with van der Waals surface area (Å²) in [5, 5.41) is 4.36. The first-order valence-electron chi connectivity index (χ1n) is 6.58. The molecule has 0 spiro atoms. The summed E-state index contributed by atoms with van der Waals surface area (Å²) in [4.78, 5) is 0. The van der Waals surface area contributed by atoms with Crippen molar-refractivity contribution < 1.29 is 4.74 Å². The summed E-state index contributed by atoms with van der Waals surface area (Å²) in [5.41, 5.74) is 1.13. The van der Waals surface area contributed by atoms with Crippen LogP contribution >= 0.6 is 11.8 Å². The van der Waals surface area contributed by atoms with Crippen molar-refractivity contribution in [2.24, 2.45) is 0 Å². The molecule has 0 bridgehead atoms. The number of hydrogen-bond donors (Lipinski definition) is 1. The molecule has 2 unspecified atom stereocenters. The minimum Gasteiger partial charge on any atom is -0.486 e. The number of thioether (sulfide) groups is 1. The van der Waals surface area contributed by atoms with E-state index in [0.717, 1.165) is 12.3 Å². The zero-order chi connectivity index (χ0) is 13.2. The molecule has 0 aliphatic carbocycles. The summed E-state index contributed by atoms with van der Waals surface area (Å²) in [7, 11) is 0. The van der Waals surface area contributed by atoms with Crippen molar-refractivity contribution in [3.8, 4) is 5.75 Å². The van der Waals surface area contributed by atoms with E-state index in [-0.39, 0.29) is 5.60 Å². The van der Waals surface area contributed by atoms with E-state index in [1.165, 1.54) is 12.0 Å². The molecule has 0 aromatic heterocycles. The Bertz CT molecular complexity index is 405. The summed E-state index contributed by atoms with van der Waals surface area (Å²) in [6.07, 6.45) is 3.36. The highest BCUT2D eigenvalue weighted by Crippen LogP contribution is 2.42. The first kappa shape index (κ1) is 13.8. The molecule has 100 valence electrons. The SMILES string of the molecule is CSC(C)CCNC1c2ccccc2OC1(C)C. The van der Waals surface area contributed by atoms with E-state index in [1.807, 2.05) is 17.8 Å². The van der Waals surface area contributed by atoms with E-state index in [2.05, 4.69) is 50.5 Å². The number of fused-ring (bicyclic) bond motifs is 1. The first-order valence-corrected chi connectivity index (χ1v) is 7.87. The molecule has 0 radical (unpaired) electrons. The van der Waals surface area contributed by atoms with Gasteiger partial charge in [0.15, 0.2) is 0 Å². The van der Waals surface area contributed by atoms with Gasteiger partial charge in [-0.15, -0.1) is 0 Å². The van der Waals surface area contributed by atoms with Crippen LogP contribution in [0.25, 0.3) is 0 Å². The Morgan fingerprint density at radius 2 is 2.11 bits per heavy atom. The molecule has 18 heavy (non-hydrogen) atoms. The lowest BCUT2D eigenvalue weighted by molar-refractivity contribution is 0.0965. The third-order valence-corrected chi connectivity index (χ3v) is 4.64. The number of hydrogen-bond acceptors (Lipinski definition) is 3. The summed E-state index contributed by atoms with van der Waals surface area (Å²) in [5.74, 6) is 1.03. The summed E-state index contributed by atoms with van der Waals surface area (Å²) >= 11 is 1.92. The summed E-state index contributed by atoms with van der Waals surface area (Å²) < 4.78 is 6.02. The van der Waals surface area contributed by atoms with E-state index < -0.39 is 0 Å². The van der Waals surface area contributed by atoms with Crippen molar-refractivity contribution in [3.05, 3.63) is 29.8 Å². The molecular formula is C15H23NOS. The van der Waals surface area contributed by atoms with Crippen molar-refractivity contribution in [2.75, 3.05) is 12.8 Å². The maximum atomic E-state index is 6.02. The van der Waals surface area contributed by atoms with Gasteiger partial charge < -0.3 is 10.1 Å². The zero-order valence-corrected chi connectivity index (χ0v) is 12.5. The number of rotatable bonds is 5. The summed E-state index contributed by atoms with van der Waals surface area (Å²) in [6.45, 7) is 7.62. The van der Waals surface area contributed by atoms with Crippen LogP contribution in [0.1, 0.15) is 38.8 Å². The predicted octanol–water partition coefficient (Wildman–Crippen LogP) is 3.63. The lowest BCUT2D eigenvalue weighted by Crippen LogP contribution is -2.39. The molecule has 2 nitrogen and oxygen atoms in total. The molecule has 0 saturated heterocycles. The molecular weight excluding hydrogens is 242 g/mol. The molecule has 0 saturated carbocycles. The highest BCUT2D eigenvalue weighted by atomic mass is 32.2. The Morgan fingerprint density at radius 1 is 1.39 bits per heavy atom. The Balaban J connectivity index is 2.02. The van der Waals surface area contributed by atoms with Crippen LogP contribution in [-0.4, -0.2) is 23.7 Å². The second-order valence-electron chi connectivity index (χ2n) is 5.47. The molecule has 1 aliphatic heterocycles. The second-order valence-corrected chi connectivity index (χ2v) is 6.74. The topological polar surface area (TPSA) is 21.3 Å². The molecule has 3 heteroatoms. The molecule has 1 heterocycles. The fourth-order valence-electron chi connectivity index (χ4n) is 2.43. The molecule has 0 fully saturated rings. The van der Waals surface area contributed by atoms with Gasteiger partial charge in [-0.1, -0.05) is 25.1 Å². The maximum absolute atomic E-state index is 6.02. The first-order chi connectivity index (χ1) is 8.54. The Kier molecular flexibility index (Phi) is 4.23. The van der Waals surface area contributed by atoms with Crippen LogP contribution in [0.4, 0.5) is 0 Å². The molecule has 1 aromatic rings. The van der Waals surface area contributed by atoms with Crippen molar-refractivity contribution in [1.29, 1.82) is 0 Å². The van der Waals surface area contributed by atoms with Crippen molar-refractivity contribution >= 4 is 11.8 Å². The molecule has 2 rings (SSSR count). The zero-order valence-electron chi connectivity index (χ0n) is 11.7. The van der Waals surface area contributed by atoms with Crippen LogP contribution in [0, 0.1) is 0 Å². The van der Waals surface area contributed by atoms with Gasteiger partial charge in [-0.05, 0) is 39.1 Å². The van der Waals surface area contributed by atoms with E-state index >= 15 is 0 Å². The van der Waals surface area contributed by atoms with Crippen molar-refractivity contribution in [1.82, 2.24) is 5.32 Å². The van der Waals surface area contributed by atoms with Crippen LogP contribution < -0.4 is 10.1 Å². The lowest BCUT2D eigenvalue weighted by atomic mass is 9.94.